The third kappa shape index (κ3) is 3.18. The van der Waals surface area contributed by atoms with E-state index in [4.69, 9.17) is 27.9 Å². The summed E-state index contributed by atoms with van der Waals surface area (Å²) in [6, 6.07) is 2.96. The number of benzene rings is 1. The number of halogens is 2. The van der Waals surface area contributed by atoms with Crippen LogP contribution in [0.3, 0.4) is 0 Å². The quantitative estimate of drug-likeness (QED) is 0.847. The number of carbonyl (C=O) groups is 1. The molecule has 4 nitrogen and oxygen atoms in total. The maximum Gasteiger partial charge on any atom is 0.407 e. The molecule has 15 heavy (non-hydrogen) atoms. The summed E-state index contributed by atoms with van der Waals surface area (Å²) in [5.41, 5.74) is 0.603. The fraction of sp³-hybridized carbons (Fsp3) is 0.222. The van der Waals surface area contributed by atoms with Gasteiger partial charge in [-0.05, 0) is 17.7 Å². The molecule has 0 saturated heterocycles. The van der Waals surface area contributed by atoms with Gasteiger partial charge in [0.25, 0.3) is 0 Å². The van der Waals surface area contributed by atoms with Crippen LogP contribution < -0.4 is 5.32 Å². The lowest BCUT2D eigenvalue weighted by molar-refractivity contribution is 0.142. The van der Waals surface area contributed by atoms with Crippen LogP contribution in [0, 0.1) is 0 Å². The molecular formula is C9H9Cl2NO3. The van der Waals surface area contributed by atoms with Crippen molar-refractivity contribution in [1.29, 1.82) is 0 Å². The van der Waals surface area contributed by atoms with E-state index >= 15 is 0 Å². The van der Waals surface area contributed by atoms with Crippen molar-refractivity contribution < 1.29 is 14.6 Å². The van der Waals surface area contributed by atoms with Crippen molar-refractivity contribution in [2.45, 2.75) is 6.61 Å². The maximum atomic E-state index is 10.8. The number of phenols is 1. The van der Waals surface area contributed by atoms with Crippen LogP contribution in [0.5, 0.6) is 5.75 Å². The summed E-state index contributed by atoms with van der Waals surface area (Å²) in [4.78, 5) is 10.8. The Bertz CT molecular complexity index is 359. The number of amides is 1. The molecule has 1 rings (SSSR count). The Kier molecular flexibility index (Phi) is 4.05. The Balaban J connectivity index is 2.75. The van der Waals surface area contributed by atoms with Crippen LogP contribution in [-0.4, -0.2) is 18.2 Å². The average molecular weight is 250 g/mol. The number of nitrogens with one attached hydrogen (secondary N) is 1. The molecule has 1 amide bonds. The molecule has 0 fully saturated rings. The second-order valence-corrected chi connectivity index (χ2v) is 3.55. The van der Waals surface area contributed by atoms with Gasteiger partial charge in [-0.15, -0.1) is 0 Å². The highest BCUT2D eigenvalue weighted by molar-refractivity contribution is 6.37. The second-order valence-electron chi connectivity index (χ2n) is 2.73. The van der Waals surface area contributed by atoms with Gasteiger partial charge in [0.1, 0.15) is 6.61 Å². The van der Waals surface area contributed by atoms with Gasteiger partial charge >= 0.3 is 6.09 Å². The SMILES string of the molecule is CNC(=O)OCc1cc(Cl)c(O)c(Cl)c1. The number of hydrogen-bond acceptors (Lipinski definition) is 3. The van der Waals surface area contributed by atoms with Gasteiger partial charge in [0.15, 0.2) is 5.75 Å². The molecular weight excluding hydrogens is 241 g/mol. The normalized spacial score (nSPS) is 9.80. The lowest BCUT2D eigenvalue weighted by Gasteiger charge is -2.06. The smallest absolute Gasteiger partial charge is 0.407 e. The number of carbonyl (C=O) groups excluding carboxylic acids is 1. The van der Waals surface area contributed by atoms with Crippen molar-refractivity contribution in [2.75, 3.05) is 7.05 Å². The highest BCUT2D eigenvalue weighted by atomic mass is 35.5. The molecule has 6 heteroatoms. The van der Waals surface area contributed by atoms with E-state index < -0.39 is 6.09 Å². The summed E-state index contributed by atoms with van der Waals surface area (Å²) in [6.07, 6.45) is -0.546. The zero-order valence-corrected chi connectivity index (χ0v) is 9.39. The standard InChI is InChI=1S/C9H9Cl2NO3/c1-12-9(14)15-4-5-2-6(10)8(13)7(11)3-5/h2-3,13H,4H2,1H3,(H,12,14). The number of aromatic hydroxyl groups is 1. The first-order valence-electron chi connectivity index (χ1n) is 4.06. The van der Waals surface area contributed by atoms with Gasteiger partial charge in [-0.2, -0.15) is 0 Å². The Morgan fingerprint density at radius 2 is 2.00 bits per heavy atom. The zero-order valence-electron chi connectivity index (χ0n) is 7.88. The highest BCUT2D eigenvalue weighted by Gasteiger charge is 2.07. The maximum absolute atomic E-state index is 10.8. The molecule has 2 N–H and O–H groups in total. The number of ether oxygens (including phenoxy) is 1. The van der Waals surface area contributed by atoms with E-state index in [1.165, 1.54) is 19.2 Å². The van der Waals surface area contributed by atoms with Crippen LogP contribution in [0.25, 0.3) is 0 Å². The number of hydrogen-bond donors (Lipinski definition) is 2. The molecule has 0 unspecified atom stereocenters. The van der Waals surface area contributed by atoms with E-state index in [1.807, 2.05) is 0 Å². The first-order valence-corrected chi connectivity index (χ1v) is 4.81. The minimum Gasteiger partial charge on any atom is -0.505 e. The molecule has 0 saturated carbocycles. The number of rotatable bonds is 2. The van der Waals surface area contributed by atoms with Gasteiger partial charge in [-0.3, -0.25) is 0 Å². The molecule has 0 spiro atoms. The van der Waals surface area contributed by atoms with E-state index in [9.17, 15) is 9.90 Å². The predicted octanol–water partition coefficient (Wildman–Crippen LogP) is 2.55. The zero-order chi connectivity index (χ0) is 11.4. The first-order chi connectivity index (χ1) is 7.04. The minimum atomic E-state index is -0.546. The molecule has 0 atom stereocenters. The molecule has 0 radical (unpaired) electrons. The van der Waals surface area contributed by atoms with Gasteiger partial charge in [0.05, 0.1) is 10.0 Å². The van der Waals surface area contributed by atoms with Crippen LogP contribution in [-0.2, 0) is 11.3 Å². The summed E-state index contributed by atoms with van der Waals surface area (Å²) >= 11 is 11.4. The summed E-state index contributed by atoms with van der Waals surface area (Å²) < 4.78 is 4.78. The third-order valence-corrected chi connectivity index (χ3v) is 2.23. The lowest BCUT2D eigenvalue weighted by atomic mass is 10.2. The Hall–Kier alpha value is -1.13. The van der Waals surface area contributed by atoms with Crippen molar-refractivity contribution >= 4 is 29.3 Å². The van der Waals surface area contributed by atoms with Crippen LogP contribution in [0.15, 0.2) is 12.1 Å². The molecule has 0 heterocycles. The highest BCUT2D eigenvalue weighted by Crippen LogP contribution is 2.32. The molecule has 1 aromatic rings. The van der Waals surface area contributed by atoms with E-state index in [-0.39, 0.29) is 22.4 Å². The van der Waals surface area contributed by atoms with Gasteiger partial charge in [-0.1, -0.05) is 23.2 Å². The molecule has 1 aromatic carbocycles. The van der Waals surface area contributed by atoms with Crippen molar-refractivity contribution in [1.82, 2.24) is 5.32 Å². The summed E-state index contributed by atoms with van der Waals surface area (Å²) in [5, 5.41) is 11.8. The van der Waals surface area contributed by atoms with Crippen LogP contribution in [0.4, 0.5) is 4.79 Å². The monoisotopic (exact) mass is 249 g/mol. The first kappa shape index (κ1) is 11.9. The minimum absolute atomic E-state index is 0.0411. The lowest BCUT2D eigenvalue weighted by Crippen LogP contribution is -2.18. The summed E-state index contributed by atoms with van der Waals surface area (Å²) in [5.74, 6) is -0.179. The molecule has 0 aromatic heterocycles. The Morgan fingerprint density at radius 1 is 1.47 bits per heavy atom. The number of phenolic OH excluding ortho intramolecular Hbond substituents is 1. The molecule has 0 aliphatic carbocycles. The van der Waals surface area contributed by atoms with Gasteiger partial charge < -0.3 is 15.2 Å². The summed E-state index contributed by atoms with van der Waals surface area (Å²) in [6.45, 7) is 0.0411. The third-order valence-electron chi connectivity index (χ3n) is 1.65. The van der Waals surface area contributed by atoms with Gasteiger partial charge in [-0.25, -0.2) is 4.79 Å². The van der Waals surface area contributed by atoms with Crippen molar-refractivity contribution in [3.8, 4) is 5.75 Å². The molecule has 82 valence electrons. The average Bonchev–Trinajstić information content (AvgIpc) is 2.22. The Labute approximate surface area is 96.8 Å². The molecule has 0 bridgehead atoms. The van der Waals surface area contributed by atoms with Gasteiger partial charge in [0, 0.05) is 7.05 Å². The fourth-order valence-corrected chi connectivity index (χ4v) is 1.45. The van der Waals surface area contributed by atoms with Crippen molar-refractivity contribution in [3.05, 3.63) is 27.7 Å². The topological polar surface area (TPSA) is 58.6 Å². The number of alkyl carbamates (subject to hydrolysis) is 1. The van der Waals surface area contributed by atoms with E-state index in [0.717, 1.165) is 0 Å². The van der Waals surface area contributed by atoms with E-state index in [2.05, 4.69) is 5.32 Å². The summed E-state index contributed by atoms with van der Waals surface area (Å²) in [7, 11) is 1.46. The molecule has 0 aliphatic rings. The van der Waals surface area contributed by atoms with E-state index in [0.29, 0.717) is 5.56 Å². The predicted molar refractivity (Wildman–Crippen MR) is 57.4 cm³/mol. The van der Waals surface area contributed by atoms with Crippen LogP contribution >= 0.6 is 23.2 Å². The van der Waals surface area contributed by atoms with Gasteiger partial charge in [0.2, 0.25) is 0 Å². The largest absolute Gasteiger partial charge is 0.505 e. The van der Waals surface area contributed by atoms with Crippen molar-refractivity contribution in [2.24, 2.45) is 0 Å². The second kappa shape index (κ2) is 5.09. The molecule has 0 aliphatic heterocycles. The van der Waals surface area contributed by atoms with Crippen LogP contribution in [0.2, 0.25) is 10.0 Å². The van der Waals surface area contributed by atoms with Crippen molar-refractivity contribution in [3.63, 3.8) is 0 Å². The Morgan fingerprint density at radius 3 is 2.47 bits per heavy atom. The fourth-order valence-electron chi connectivity index (χ4n) is 0.922. The van der Waals surface area contributed by atoms with E-state index in [1.54, 1.807) is 0 Å². The van der Waals surface area contributed by atoms with Crippen LogP contribution in [0.1, 0.15) is 5.56 Å².